The van der Waals surface area contributed by atoms with Crippen LogP contribution in [0.3, 0.4) is 0 Å². The highest BCUT2D eigenvalue weighted by molar-refractivity contribution is 6.22. The Morgan fingerprint density at radius 1 is 0.970 bits per heavy atom. The van der Waals surface area contributed by atoms with Crippen LogP contribution in [0.1, 0.15) is 71.3 Å². The number of amides is 1. The van der Waals surface area contributed by atoms with Crippen LogP contribution in [-0.2, 0) is 28.5 Å². The smallest absolute Gasteiger partial charge is 0.312 e. The number of carbonyl (C=O) groups excluding carboxylic acids is 3. The Hall–Kier alpha value is -5.81. The number of phenolic OH excluding ortho intramolecular Hbond substituents is 1. The van der Waals surface area contributed by atoms with Gasteiger partial charge in [-0.2, -0.15) is 0 Å². The molecule has 9 atom stereocenters. The number of fused-ring (bicyclic) bond motifs is 2. The second-order valence-corrected chi connectivity index (χ2v) is 18.0. The van der Waals surface area contributed by atoms with E-state index in [-0.39, 0.29) is 86.2 Å². The predicted octanol–water partition coefficient (Wildman–Crippen LogP) is 7.18. The van der Waals surface area contributed by atoms with E-state index in [1.165, 1.54) is 34.1 Å². The second-order valence-electron chi connectivity index (χ2n) is 18.0. The van der Waals surface area contributed by atoms with Gasteiger partial charge in [-0.3, -0.25) is 19.2 Å². The maximum absolute atomic E-state index is 14.8. The third kappa shape index (κ3) is 9.97. The molecule has 0 saturated heterocycles. The number of rotatable bonds is 9. The van der Waals surface area contributed by atoms with Crippen molar-refractivity contribution >= 4 is 45.2 Å². The Bertz CT molecular complexity index is 2600. The number of allylic oxidation sites excluding steroid dienone is 2. The zero-order valence-corrected chi connectivity index (χ0v) is 39.8. The molecule has 3 heterocycles. The van der Waals surface area contributed by atoms with Crippen molar-refractivity contribution in [3.8, 4) is 28.7 Å². The molecule has 356 valence electrons. The van der Waals surface area contributed by atoms with Gasteiger partial charge in [0.05, 0.1) is 42.6 Å². The number of methoxy groups -OCH3 is 1. The highest BCUT2D eigenvalue weighted by Gasteiger charge is 2.50. The van der Waals surface area contributed by atoms with Crippen molar-refractivity contribution in [2.24, 2.45) is 29.6 Å². The number of ketones is 1. The number of ether oxygens (including phenoxy) is 6. The summed E-state index contributed by atoms with van der Waals surface area (Å²) < 4.78 is 42.2. The summed E-state index contributed by atoms with van der Waals surface area (Å²) in [6.45, 7) is 17.3. The van der Waals surface area contributed by atoms with Crippen molar-refractivity contribution in [2.75, 3.05) is 52.9 Å². The standard InChI is InChI=1S/C50H63N3O13/c1-25-14-13-15-26(2)49(59)52-41-44(57)38-37(40-47(41)65-36-24-33(16-17-34(36)51-40)62-23-22-61-21-19-53(10)11)39-46(31(7)43(38)56)66-50(9,48(39)58)63-20-18-35(60-12)30(6)45(64-32(8)54)29(5)27(3)28(4)42(25)55/h13-18,20,24-25,27-30,35,42,45,55-56H,19,21-23H2,1-12H3,(H,52,59)/b14-13+,20-18+,26-15-/t25-,27+,28-,29+,30+,35-,42-,45-,50-/m0/s1. The molecule has 0 unspecified atom stereocenters. The van der Waals surface area contributed by atoms with Crippen molar-refractivity contribution in [2.45, 2.75) is 86.4 Å². The van der Waals surface area contributed by atoms with E-state index in [1.807, 2.05) is 53.6 Å². The van der Waals surface area contributed by atoms with Crippen LogP contribution in [0.15, 0.2) is 63.6 Å². The Labute approximate surface area is 384 Å². The molecule has 66 heavy (non-hydrogen) atoms. The van der Waals surface area contributed by atoms with Crippen LogP contribution in [-0.4, -0.2) is 109 Å². The molecule has 2 aromatic carbocycles. The third-order valence-electron chi connectivity index (χ3n) is 13.1. The van der Waals surface area contributed by atoms with Crippen LogP contribution in [0, 0.1) is 36.5 Å². The largest absolute Gasteiger partial charge is 0.507 e. The quantitative estimate of drug-likeness (QED) is 0.0658. The first-order chi connectivity index (χ1) is 31.2. The van der Waals surface area contributed by atoms with Crippen LogP contribution >= 0.6 is 0 Å². The molecule has 1 aliphatic carbocycles. The van der Waals surface area contributed by atoms with Gasteiger partial charge in [0.15, 0.2) is 11.3 Å². The van der Waals surface area contributed by atoms with Gasteiger partial charge in [0.2, 0.25) is 5.43 Å². The van der Waals surface area contributed by atoms with E-state index in [1.54, 1.807) is 49.4 Å². The Kier molecular flexibility index (Phi) is 15.3. The molecule has 16 nitrogen and oxygen atoms in total. The van der Waals surface area contributed by atoms with Gasteiger partial charge >= 0.3 is 11.8 Å². The van der Waals surface area contributed by atoms with Gasteiger partial charge in [-0.1, -0.05) is 52.8 Å². The molecule has 6 rings (SSSR count). The van der Waals surface area contributed by atoms with Crippen molar-refractivity contribution in [3.05, 3.63) is 75.7 Å². The normalized spacial score (nSPS) is 28.2. The molecule has 0 aromatic heterocycles. The van der Waals surface area contributed by atoms with Gasteiger partial charge in [0.25, 0.3) is 11.7 Å². The number of hydrogen-bond acceptors (Lipinski definition) is 15. The molecule has 2 aromatic rings. The average Bonchev–Trinajstić information content (AvgIpc) is 3.54. The maximum atomic E-state index is 14.8. The van der Waals surface area contributed by atoms with Crippen LogP contribution in [0.2, 0.25) is 0 Å². The van der Waals surface area contributed by atoms with Crippen LogP contribution in [0.4, 0.5) is 5.69 Å². The Morgan fingerprint density at radius 2 is 1.70 bits per heavy atom. The summed E-state index contributed by atoms with van der Waals surface area (Å²) in [6, 6.07) is 4.94. The minimum absolute atomic E-state index is 0.0142. The number of esters is 1. The lowest BCUT2D eigenvalue weighted by molar-refractivity contribution is -0.157. The lowest BCUT2D eigenvalue weighted by Gasteiger charge is -2.39. The van der Waals surface area contributed by atoms with Crippen molar-refractivity contribution in [1.29, 1.82) is 0 Å². The molecule has 3 aliphatic heterocycles. The number of benzene rings is 3. The van der Waals surface area contributed by atoms with E-state index in [9.17, 15) is 29.4 Å². The van der Waals surface area contributed by atoms with E-state index in [0.29, 0.717) is 24.5 Å². The van der Waals surface area contributed by atoms with Gasteiger partial charge in [-0.25, -0.2) is 4.98 Å². The summed E-state index contributed by atoms with van der Waals surface area (Å²) in [5.41, 5.74) is -0.465. The van der Waals surface area contributed by atoms with Crippen molar-refractivity contribution in [1.82, 2.24) is 9.88 Å². The number of anilines is 1. The number of aromatic hydroxyl groups is 1. The SMILES string of the molecule is CO[C@H]1/C=C/O[C@@]2(C)Oc3c(C)c(O)c4c(=O)c(c5oc6cc(OCCOCCN(C)C)ccc6nc-5c4c3C2=O)NC(=O)/C(C)=C\C=C\[C@H](C)[C@H](O)[C@@H](C)[C@@H](C)[C@@H](C)[C@H](OC(C)=O)[C@@H]1C. The number of carbonyl (C=O) groups is 3. The topological polar surface area (TPSA) is 205 Å². The van der Waals surface area contributed by atoms with E-state index >= 15 is 0 Å². The molecule has 1 amide bonds. The molecular formula is C50H63N3O13. The molecule has 3 N–H and O–H groups in total. The number of aliphatic hydroxyl groups excluding tert-OH is 1. The summed E-state index contributed by atoms with van der Waals surface area (Å²) >= 11 is 0. The van der Waals surface area contributed by atoms with Gasteiger partial charge in [0, 0.05) is 61.9 Å². The number of aromatic nitrogens is 1. The summed E-state index contributed by atoms with van der Waals surface area (Å²) in [4.78, 5) is 62.9. The third-order valence-corrected chi connectivity index (χ3v) is 13.1. The first-order valence-electron chi connectivity index (χ1n) is 22.3. The first kappa shape index (κ1) is 49.6. The molecule has 0 radical (unpaired) electrons. The molecule has 0 fully saturated rings. The van der Waals surface area contributed by atoms with E-state index in [2.05, 4.69) is 5.32 Å². The fourth-order valence-corrected chi connectivity index (χ4v) is 8.66. The van der Waals surface area contributed by atoms with Gasteiger partial charge < -0.3 is 53.3 Å². The Balaban J connectivity index is 1.53. The van der Waals surface area contributed by atoms with Crippen LogP contribution in [0.25, 0.3) is 33.3 Å². The van der Waals surface area contributed by atoms with Crippen LogP contribution < -0.4 is 20.2 Å². The number of likely N-dealkylation sites (N-methyl/N-ethyl adjacent to an activating group) is 1. The van der Waals surface area contributed by atoms with Crippen molar-refractivity contribution in [3.63, 3.8) is 0 Å². The zero-order valence-electron chi connectivity index (χ0n) is 39.8. The second kappa shape index (κ2) is 20.4. The number of nitrogens with one attached hydrogen (secondary N) is 1. The summed E-state index contributed by atoms with van der Waals surface area (Å²) in [5.74, 6) is -5.57. The van der Waals surface area contributed by atoms with Crippen molar-refractivity contribution < 1.29 is 57.4 Å². The molecule has 4 aliphatic rings. The fourth-order valence-electron chi connectivity index (χ4n) is 8.66. The van der Waals surface area contributed by atoms with Gasteiger partial charge in [-0.05, 0) is 63.9 Å². The average molecular weight is 914 g/mol. The van der Waals surface area contributed by atoms with Gasteiger partial charge in [0.1, 0.15) is 46.9 Å². The molecular weight excluding hydrogens is 851 g/mol. The number of nitrogens with zero attached hydrogens (tertiary/aromatic N) is 2. The number of Topliss-reactive ketones (excluding diaryl/α,β-unsaturated/α-hetero) is 1. The predicted molar refractivity (Wildman–Crippen MR) is 249 cm³/mol. The fraction of sp³-hybridized carbons (Fsp3) is 0.500. The first-order valence-corrected chi connectivity index (χ1v) is 22.3. The minimum Gasteiger partial charge on any atom is -0.507 e. The van der Waals surface area contributed by atoms with Crippen LogP contribution in [0.5, 0.6) is 17.2 Å². The highest BCUT2D eigenvalue weighted by atomic mass is 16.7. The monoisotopic (exact) mass is 913 g/mol. The molecule has 0 saturated carbocycles. The molecule has 4 bridgehead atoms. The lowest BCUT2D eigenvalue weighted by atomic mass is 9.73. The number of aliphatic hydroxyl groups is 1. The summed E-state index contributed by atoms with van der Waals surface area (Å²) in [6.07, 6.45) is 5.71. The van der Waals surface area contributed by atoms with E-state index in [0.717, 1.165) is 6.54 Å². The summed E-state index contributed by atoms with van der Waals surface area (Å²) in [7, 11) is 5.42. The number of hydrogen-bond donors (Lipinski definition) is 3. The highest BCUT2D eigenvalue weighted by Crippen LogP contribution is 2.50. The zero-order chi connectivity index (χ0) is 48.4. The molecule has 0 spiro atoms. The minimum atomic E-state index is -2.01. The Morgan fingerprint density at radius 3 is 2.38 bits per heavy atom. The number of phenols is 1. The molecule has 16 heteroatoms. The maximum Gasteiger partial charge on any atom is 0.312 e. The van der Waals surface area contributed by atoms with Gasteiger partial charge in [-0.15, -0.1) is 0 Å². The lowest BCUT2D eigenvalue weighted by Crippen LogP contribution is -2.43. The van der Waals surface area contributed by atoms with E-state index < -0.39 is 58.9 Å². The summed E-state index contributed by atoms with van der Waals surface area (Å²) in [5, 5.41) is 25.7. The van der Waals surface area contributed by atoms with E-state index in [4.69, 9.17) is 37.8 Å².